The lowest BCUT2D eigenvalue weighted by Crippen LogP contribution is -2.38. The van der Waals surface area contributed by atoms with Gasteiger partial charge in [-0.2, -0.15) is 0 Å². The molecule has 0 saturated heterocycles. The molecule has 2 N–H and O–H groups in total. The Kier molecular flexibility index (Phi) is 1.37. The second kappa shape index (κ2) is 2.03. The van der Waals surface area contributed by atoms with Gasteiger partial charge in [-0.15, -0.1) is 0 Å². The molecule has 1 saturated carbocycles. The molecule has 0 aromatic rings. The second-order valence-electron chi connectivity index (χ2n) is 2.09. The van der Waals surface area contributed by atoms with Crippen LogP contribution in [0.15, 0.2) is 5.11 Å². The van der Waals surface area contributed by atoms with E-state index in [2.05, 4.69) is 10.0 Å². The number of nitrogens with two attached hydrogens (primary N) is 1. The molecule has 1 rings (SSSR count). The van der Waals surface area contributed by atoms with Gasteiger partial charge in [0.1, 0.15) is 0 Å². The van der Waals surface area contributed by atoms with Gasteiger partial charge in [0.15, 0.2) is 0 Å². The van der Waals surface area contributed by atoms with Crippen LogP contribution in [0, 0.1) is 0 Å². The van der Waals surface area contributed by atoms with Gasteiger partial charge in [0.2, 0.25) is 0 Å². The zero-order valence-electron chi connectivity index (χ0n) is 4.49. The first-order valence-corrected chi connectivity index (χ1v) is 2.62. The van der Waals surface area contributed by atoms with Gasteiger partial charge in [-0.25, -0.2) is 0 Å². The summed E-state index contributed by atoms with van der Waals surface area (Å²) in [5, 5.41) is 3.48. The topological polar surface area (TPSA) is 74.8 Å². The summed E-state index contributed by atoms with van der Waals surface area (Å²) in [6.45, 7) is 0. The summed E-state index contributed by atoms with van der Waals surface area (Å²) in [4.78, 5) is 2.66. The Morgan fingerprint density at radius 3 is 2.62 bits per heavy atom. The molecule has 1 aliphatic carbocycles. The predicted molar refractivity (Wildman–Crippen MR) is 30.1 cm³/mol. The average Bonchev–Trinajstić information content (AvgIpc) is 1.64. The Morgan fingerprint density at radius 2 is 2.25 bits per heavy atom. The van der Waals surface area contributed by atoms with Crippen molar-refractivity contribution in [1.29, 1.82) is 0 Å². The van der Waals surface area contributed by atoms with E-state index in [0.717, 1.165) is 12.8 Å². The summed E-state index contributed by atoms with van der Waals surface area (Å²) in [7, 11) is 0. The van der Waals surface area contributed by atoms with Crippen LogP contribution in [0.25, 0.3) is 10.4 Å². The lowest BCUT2D eigenvalue weighted by atomic mass is 9.89. The molecule has 4 nitrogen and oxygen atoms in total. The van der Waals surface area contributed by atoms with Crippen molar-refractivity contribution in [2.45, 2.75) is 24.9 Å². The van der Waals surface area contributed by atoms with E-state index in [-0.39, 0.29) is 12.1 Å². The molecule has 0 radical (unpaired) electrons. The van der Waals surface area contributed by atoms with Gasteiger partial charge in [-0.05, 0) is 18.4 Å². The van der Waals surface area contributed by atoms with Crippen molar-refractivity contribution in [3.63, 3.8) is 0 Å². The molecule has 4 heteroatoms. The summed E-state index contributed by atoms with van der Waals surface area (Å²) in [6, 6.07) is 0.473. The quantitative estimate of drug-likeness (QED) is 0.304. The van der Waals surface area contributed by atoms with Crippen LogP contribution in [-0.4, -0.2) is 12.1 Å². The Labute approximate surface area is 47.3 Å². The minimum absolute atomic E-state index is 0.190. The first-order chi connectivity index (χ1) is 3.83. The van der Waals surface area contributed by atoms with E-state index in [4.69, 9.17) is 11.3 Å². The molecule has 1 aliphatic rings. The van der Waals surface area contributed by atoms with Gasteiger partial charge >= 0.3 is 0 Å². The van der Waals surface area contributed by atoms with Crippen LogP contribution in [0.5, 0.6) is 0 Å². The van der Waals surface area contributed by atoms with Crippen molar-refractivity contribution in [2.75, 3.05) is 0 Å². The van der Waals surface area contributed by atoms with Gasteiger partial charge in [0.05, 0.1) is 0 Å². The zero-order valence-corrected chi connectivity index (χ0v) is 4.49. The van der Waals surface area contributed by atoms with Crippen LogP contribution in [0.3, 0.4) is 0 Å². The van der Waals surface area contributed by atoms with Crippen molar-refractivity contribution >= 4 is 0 Å². The van der Waals surface area contributed by atoms with Gasteiger partial charge in [-0.3, -0.25) is 0 Å². The monoisotopic (exact) mass is 112 g/mol. The van der Waals surface area contributed by atoms with E-state index in [1.54, 1.807) is 0 Å². The van der Waals surface area contributed by atoms with Crippen molar-refractivity contribution in [1.82, 2.24) is 0 Å². The maximum atomic E-state index is 7.91. The standard InChI is InChI=1S/C4H8N4/c5-3-1-4(2-3)7-8-6/h3-4H,1-2,5H2. The number of rotatable bonds is 1. The van der Waals surface area contributed by atoms with E-state index in [0.29, 0.717) is 0 Å². The molecule has 1 fully saturated rings. The molecule has 0 spiro atoms. The third kappa shape index (κ3) is 0.911. The highest BCUT2D eigenvalue weighted by Crippen LogP contribution is 2.20. The summed E-state index contributed by atoms with van der Waals surface area (Å²) < 4.78 is 0. The molecule has 0 aliphatic heterocycles. The predicted octanol–water partition coefficient (Wildman–Crippen LogP) is 0.786. The Morgan fingerprint density at radius 1 is 1.62 bits per heavy atom. The number of hydrogen-bond donors (Lipinski definition) is 1. The first kappa shape index (κ1) is 5.41. The molecule has 0 aromatic heterocycles. The van der Waals surface area contributed by atoms with Crippen molar-refractivity contribution in [2.24, 2.45) is 10.8 Å². The average molecular weight is 112 g/mol. The fraction of sp³-hybridized carbons (Fsp3) is 1.00. The molecule has 8 heavy (non-hydrogen) atoms. The van der Waals surface area contributed by atoms with Gasteiger partial charge in [0.25, 0.3) is 0 Å². The Bertz CT molecular complexity index is 120. The van der Waals surface area contributed by atoms with Gasteiger partial charge < -0.3 is 5.73 Å². The summed E-state index contributed by atoms with van der Waals surface area (Å²) >= 11 is 0. The SMILES string of the molecule is [N-]=[N+]=NC1CC(N)C1. The Hall–Kier alpha value is -0.730. The fourth-order valence-electron chi connectivity index (χ4n) is 0.797. The molecule has 0 aromatic carbocycles. The zero-order chi connectivity index (χ0) is 5.98. The van der Waals surface area contributed by atoms with Gasteiger partial charge in [0, 0.05) is 17.0 Å². The van der Waals surface area contributed by atoms with Crippen molar-refractivity contribution in [3.8, 4) is 0 Å². The molecular formula is C4H8N4. The third-order valence-corrected chi connectivity index (χ3v) is 1.36. The lowest BCUT2D eigenvalue weighted by molar-refractivity contribution is 0.351. The summed E-state index contributed by atoms with van der Waals surface area (Å²) in [5.41, 5.74) is 13.3. The molecule has 0 unspecified atom stereocenters. The third-order valence-electron chi connectivity index (χ3n) is 1.36. The van der Waals surface area contributed by atoms with Crippen LogP contribution in [0.2, 0.25) is 0 Å². The summed E-state index contributed by atoms with van der Waals surface area (Å²) in [5.74, 6) is 0. The lowest BCUT2D eigenvalue weighted by Gasteiger charge is -2.27. The van der Waals surface area contributed by atoms with Gasteiger partial charge in [-0.1, -0.05) is 5.11 Å². The fourth-order valence-corrected chi connectivity index (χ4v) is 0.797. The molecule has 0 heterocycles. The maximum Gasteiger partial charge on any atom is 0.0403 e. The molecule has 0 amide bonds. The molecule has 0 bridgehead atoms. The van der Waals surface area contributed by atoms with Crippen molar-refractivity contribution < 1.29 is 0 Å². The maximum absolute atomic E-state index is 7.91. The molecule has 0 atom stereocenters. The van der Waals surface area contributed by atoms with Crippen LogP contribution in [0.1, 0.15) is 12.8 Å². The largest absolute Gasteiger partial charge is 0.328 e. The van der Waals surface area contributed by atoms with E-state index >= 15 is 0 Å². The van der Waals surface area contributed by atoms with Crippen LogP contribution in [-0.2, 0) is 0 Å². The minimum atomic E-state index is 0.190. The Balaban J connectivity index is 2.25. The van der Waals surface area contributed by atoms with E-state index in [9.17, 15) is 0 Å². The number of hydrogen-bond acceptors (Lipinski definition) is 2. The van der Waals surface area contributed by atoms with E-state index in [1.807, 2.05) is 0 Å². The summed E-state index contributed by atoms with van der Waals surface area (Å²) in [6.07, 6.45) is 1.73. The first-order valence-electron chi connectivity index (χ1n) is 2.62. The van der Waals surface area contributed by atoms with E-state index in [1.165, 1.54) is 0 Å². The number of nitrogens with zero attached hydrogens (tertiary/aromatic N) is 3. The van der Waals surface area contributed by atoms with Crippen LogP contribution < -0.4 is 5.73 Å². The highest BCUT2D eigenvalue weighted by Gasteiger charge is 2.23. The van der Waals surface area contributed by atoms with E-state index < -0.39 is 0 Å². The number of azide groups is 1. The normalized spacial score (nSPS) is 35.1. The second-order valence-corrected chi connectivity index (χ2v) is 2.09. The molecule has 44 valence electrons. The van der Waals surface area contributed by atoms with Crippen molar-refractivity contribution in [3.05, 3.63) is 10.4 Å². The van der Waals surface area contributed by atoms with Crippen LogP contribution in [0.4, 0.5) is 0 Å². The molecular weight excluding hydrogens is 104 g/mol. The van der Waals surface area contributed by atoms with Crippen LogP contribution >= 0.6 is 0 Å². The minimum Gasteiger partial charge on any atom is -0.328 e. The highest BCUT2D eigenvalue weighted by molar-refractivity contribution is 4.87. The highest BCUT2D eigenvalue weighted by atomic mass is 15.2. The smallest absolute Gasteiger partial charge is 0.0403 e.